The highest BCUT2D eigenvalue weighted by Gasteiger charge is 2.20. The number of likely N-dealkylation sites (tertiary alicyclic amines) is 1. The first-order valence-electron chi connectivity index (χ1n) is 10.3. The van der Waals surface area contributed by atoms with E-state index >= 15 is 0 Å². The molecular weight excluding hydrogens is 353 g/mol. The number of ether oxygens (including phenoxy) is 1. The second kappa shape index (κ2) is 9.46. The first-order chi connectivity index (χ1) is 13.4. The van der Waals surface area contributed by atoms with Crippen LogP contribution in [0.2, 0.25) is 0 Å². The quantitative estimate of drug-likeness (QED) is 0.694. The highest BCUT2D eigenvalue weighted by atomic mass is 19.1. The van der Waals surface area contributed by atoms with Crippen LogP contribution in [0.4, 0.5) is 4.39 Å². The van der Waals surface area contributed by atoms with E-state index < -0.39 is 0 Å². The lowest BCUT2D eigenvalue weighted by Gasteiger charge is -2.32. The number of halogens is 1. The Morgan fingerprint density at radius 3 is 2.57 bits per heavy atom. The fourth-order valence-corrected chi connectivity index (χ4v) is 3.70. The van der Waals surface area contributed by atoms with Gasteiger partial charge in [0.1, 0.15) is 11.4 Å². The number of nitrogens with zero attached hydrogens (tertiary/aromatic N) is 3. The summed E-state index contributed by atoms with van der Waals surface area (Å²) in [5.41, 5.74) is 1.56. The van der Waals surface area contributed by atoms with Crippen molar-refractivity contribution in [3.8, 4) is 5.88 Å². The lowest BCUT2D eigenvalue weighted by Crippen LogP contribution is -2.35. The molecule has 0 atom stereocenters. The Hall–Kier alpha value is -2.01. The van der Waals surface area contributed by atoms with Crippen molar-refractivity contribution in [1.82, 2.24) is 14.9 Å². The van der Waals surface area contributed by atoms with Crippen LogP contribution in [0, 0.1) is 11.7 Å². The van der Waals surface area contributed by atoms with Crippen LogP contribution in [-0.2, 0) is 12.8 Å². The number of aryl methyl sites for hydroxylation is 1. The van der Waals surface area contributed by atoms with Crippen LogP contribution in [0.1, 0.15) is 51.3 Å². The summed E-state index contributed by atoms with van der Waals surface area (Å²) >= 11 is 0. The van der Waals surface area contributed by atoms with E-state index in [2.05, 4.69) is 14.9 Å². The number of piperidine rings is 1. The predicted octanol–water partition coefficient (Wildman–Crippen LogP) is 4.68. The normalized spacial score (nSPS) is 16.3. The van der Waals surface area contributed by atoms with Gasteiger partial charge in [0, 0.05) is 19.2 Å². The Morgan fingerprint density at radius 1 is 1.11 bits per heavy atom. The Bertz CT molecular complexity index is 752. The summed E-state index contributed by atoms with van der Waals surface area (Å²) in [6.07, 6.45) is 8.68. The van der Waals surface area contributed by atoms with Crippen molar-refractivity contribution >= 4 is 0 Å². The van der Waals surface area contributed by atoms with E-state index in [4.69, 9.17) is 4.74 Å². The van der Waals surface area contributed by atoms with Crippen LogP contribution in [0.15, 0.2) is 36.7 Å². The maximum atomic E-state index is 13.8. The Kier molecular flexibility index (Phi) is 7.00. The van der Waals surface area contributed by atoms with Crippen molar-refractivity contribution < 1.29 is 9.13 Å². The molecule has 2 heterocycles. The van der Waals surface area contributed by atoms with Gasteiger partial charge in [0.15, 0.2) is 0 Å². The summed E-state index contributed by atoms with van der Waals surface area (Å²) in [5.74, 6) is 1.22. The van der Waals surface area contributed by atoms with Gasteiger partial charge in [-0.25, -0.2) is 9.37 Å². The lowest BCUT2D eigenvalue weighted by molar-refractivity contribution is 0.123. The Morgan fingerprint density at radius 2 is 1.86 bits per heavy atom. The predicted molar refractivity (Wildman–Crippen MR) is 110 cm³/mol. The third-order valence-electron chi connectivity index (χ3n) is 5.24. The van der Waals surface area contributed by atoms with Gasteiger partial charge in [0.05, 0.1) is 11.9 Å². The number of rotatable bonds is 7. The molecule has 0 amide bonds. The molecule has 1 aromatic heterocycles. The van der Waals surface area contributed by atoms with E-state index in [9.17, 15) is 4.39 Å². The molecule has 0 bridgehead atoms. The zero-order chi connectivity index (χ0) is 20.0. The van der Waals surface area contributed by atoms with Gasteiger partial charge in [-0.15, -0.1) is 0 Å². The van der Waals surface area contributed by atoms with Gasteiger partial charge in [-0.2, -0.15) is 0 Å². The molecule has 28 heavy (non-hydrogen) atoms. The monoisotopic (exact) mass is 385 g/mol. The number of hydrogen-bond donors (Lipinski definition) is 0. The molecule has 1 aliphatic rings. The second-order valence-electron chi connectivity index (χ2n) is 8.73. The minimum absolute atomic E-state index is 0.0706. The smallest absolute Gasteiger partial charge is 0.233 e. The second-order valence-corrected chi connectivity index (χ2v) is 8.73. The number of aromatic nitrogens is 2. The van der Waals surface area contributed by atoms with Gasteiger partial charge >= 0.3 is 0 Å². The van der Waals surface area contributed by atoms with Crippen LogP contribution in [0.3, 0.4) is 0 Å². The average Bonchev–Trinajstić information content (AvgIpc) is 2.65. The van der Waals surface area contributed by atoms with Crippen molar-refractivity contribution in [3.63, 3.8) is 0 Å². The molecule has 152 valence electrons. The van der Waals surface area contributed by atoms with Crippen molar-refractivity contribution in [2.24, 2.45) is 5.92 Å². The molecule has 0 saturated carbocycles. The van der Waals surface area contributed by atoms with E-state index in [0.717, 1.165) is 50.2 Å². The zero-order valence-corrected chi connectivity index (χ0v) is 17.3. The summed E-state index contributed by atoms with van der Waals surface area (Å²) in [6, 6.07) is 7.14. The maximum absolute atomic E-state index is 13.8. The average molecular weight is 386 g/mol. The topological polar surface area (TPSA) is 38.2 Å². The molecule has 5 heteroatoms. The molecule has 1 fully saturated rings. The van der Waals surface area contributed by atoms with Crippen LogP contribution in [-0.4, -0.2) is 40.1 Å². The minimum Gasteiger partial charge on any atom is -0.471 e. The molecule has 1 saturated heterocycles. The number of hydrogen-bond acceptors (Lipinski definition) is 4. The van der Waals surface area contributed by atoms with Crippen molar-refractivity contribution in [2.45, 2.75) is 58.5 Å². The van der Waals surface area contributed by atoms with E-state index in [1.54, 1.807) is 18.3 Å². The van der Waals surface area contributed by atoms with Gasteiger partial charge < -0.3 is 9.64 Å². The molecule has 0 spiro atoms. The van der Waals surface area contributed by atoms with Crippen LogP contribution < -0.4 is 4.74 Å². The molecular formula is C23H32FN3O. The minimum atomic E-state index is -0.266. The lowest BCUT2D eigenvalue weighted by atomic mass is 9.90. The van der Waals surface area contributed by atoms with E-state index in [1.807, 2.05) is 39.1 Å². The van der Waals surface area contributed by atoms with Gasteiger partial charge in [-0.3, -0.25) is 4.98 Å². The van der Waals surface area contributed by atoms with Crippen molar-refractivity contribution in [2.75, 3.05) is 19.6 Å². The Balaban J connectivity index is 1.40. The first-order valence-corrected chi connectivity index (χ1v) is 10.3. The summed E-state index contributed by atoms with van der Waals surface area (Å²) in [6.45, 7) is 9.24. The van der Waals surface area contributed by atoms with Crippen LogP contribution in [0.5, 0.6) is 5.88 Å². The fourth-order valence-electron chi connectivity index (χ4n) is 3.70. The molecule has 0 radical (unpaired) electrons. The standard InChI is InChI=1S/C23H32FN3O/c1-23(2,3)28-22-17-25-16-20(26-22)12-15-27-13-10-18(11-14-27)8-9-19-6-4-5-7-21(19)24/h4-7,16-18H,8-15H2,1-3H3. The maximum Gasteiger partial charge on any atom is 0.233 e. The van der Waals surface area contributed by atoms with Crippen LogP contribution >= 0.6 is 0 Å². The highest BCUT2D eigenvalue weighted by molar-refractivity contribution is 5.17. The first kappa shape index (κ1) is 20.7. The largest absolute Gasteiger partial charge is 0.471 e. The van der Waals surface area contributed by atoms with E-state index in [-0.39, 0.29) is 11.4 Å². The van der Waals surface area contributed by atoms with Crippen molar-refractivity contribution in [3.05, 3.63) is 53.7 Å². The summed E-state index contributed by atoms with van der Waals surface area (Å²) in [4.78, 5) is 11.3. The van der Waals surface area contributed by atoms with Gasteiger partial charge in [0.25, 0.3) is 0 Å². The highest BCUT2D eigenvalue weighted by Crippen LogP contribution is 2.23. The molecule has 0 N–H and O–H groups in total. The SMILES string of the molecule is CC(C)(C)Oc1cncc(CCN2CCC(CCc3ccccc3F)CC2)n1. The third-order valence-corrected chi connectivity index (χ3v) is 5.24. The molecule has 0 unspecified atom stereocenters. The molecule has 2 aromatic rings. The van der Waals surface area contributed by atoms with Crippen molar-refractivity contribution in [1.29, 1.82) is 0 Å². The van der Waals surface area contributed by atoms with E-state index in [0.29, 0.717) is 11.8 Å². The van der Waals surface area contributed by atoms with Crippen LogP contribution in [0.25, 0.3) is 0 Å². The fraction of sp³-hybridized carbons (Fsp3) is 0.565. The van der Waals surface area contributed by atoms with Gasteiger partial charge in [0.2, 0.25) is 5.88 Å². The summed E-state index contributed by atoms with van der Waals surface area (Å²) in [7, 11) is 0. The molecule has 0 aliphatic carbocycles. The van der Waals surface area contributed by atoms with Gasteiger partial charge in [-0.1, -0.05) is 18.2 Å². The van der Waals surface area contributed by atoms with Gasteiger partial charge in [-0.05, 0) is 77.1 Å². The third kappa shape index (κ3) is 6.55. The summed E-state index contributed by atoms with van der Waals surface area (Å²) in [5, 5.41) is 0. The summed E-state index contributed by atoms with van der Waals surface area (Å²) < 4.78 is 19.6. The zero-order valence-electron chi connectivity index (χ0n) is 17.3. The molecule has 4 nitrogen and oxygen atoms in total. The Labute approximate surface area is 168 Å². The molecule has 1 aliphatic heterocycles. The molecule has 3 rings (SSSR count). The number of benzene rings is 1. The molecule has 1 aromatic carbocycles. The van der Waals surface area contributed by atoms with E-state index in [1.165, 1.54) is 12.8 Å².